The number of pyridine rings is 2. The number of rotatable bonds is 1. The van der Waals surface area contributed by atoms with Crippen molar-refractivity contribution >= 4 is 27.0 Å². The van der Waals surface area contributed by atoms with E-state index in [1.165, 1.54) is 5.56 Å². The Hall–Kier alpha value is -1.74. The van der Waals surface area contributed by atoms with Crippen molar-refractivity contribution in [3.8, 4) is 11.1 Å². The summed E-state index contributed by atoms with van der Waals surface area (Å²) in [6, 6.07) is 14.4. The molecule has 0 N–H and O–H groups in total. The Morgan fingerprint density at radius 2 is 1.59 bits per heavy atom. The van der Waals surface area contributed by atoms with E-state index in [9.17, 15) is 0 Å². The summed E-state index contributed by atoms with van der Waals surface area (Å²) in [4.78, 5) is 8.62. The number of halogens is 1. The van der Waals surface area contributed by atoms with E-state index in [1.54, 1.807) is 6.20 Å². The van der Waals surface area contributed by atoms with Crippen molar-refractivity contribution in [3.63, 3.8) is 0 Å². The fourth-order valence-corrected chi connectivity index (χ4v) is 2.13. The van der Waals surface area contributed by atoms with E-state index < -0.39 is 0 Å². The van der Waals surface area contributed by atoms with Gasteiger partial charge in [0.05, 0.1) is 0 Å². The number of fused-ring (bicyclic) bond motifs is 1. The van der Waals surface area contributed by atoms with E-state index in [-0.39, 0.29) is 0 Å². The van der Waals surface area contributed by atoms with Crippen LogP contribution >= 0.6 is 15.9 Å². The molecular weight excluding hydrogens is 276 g/mol. The van der Waals surface area contributed by atoms with Crippen molar-refractivity contribution in [3.05, 3.63) is 59.3 Å². The number of aromatic nitrogens is 2. The lowest BCUT2D eigenvalue weighted by molar-refractivity contribution is 1.28. The third kappa shape index (κ3) is 2.06. The summed E-state index contributed by atoms with van der Waals surface area (Å²) < 4.78 is 0.969. The molecule has 0 saturated heterocycles. The molecule has 3 rings (SSSR count). The Morgan fingerprint density at radius 3 is 2.41 bits per heavy atom. The first-order valence-corrected chi connectivity index (χ1v) is 6.09. The molecule has 0 fully saturated rings. The molecule has 0 radical (unpaired) electrons. The quantitative estimate of drug-likeness (QED) is 0.673. The van der Waals surface area contributed by atoms with E-state index in [0.29, 0.717) is 0 Å². The van der Waals surface area contributed by atoms with Gasteiger partial charge in [0, 0.05) is 27.8 Å². The van der Waals surface area contributed by atoms with Gasteiger partial charge >= 0.3 is 0 Å². The van der Waals surface area contributed by atoms with Crippen molar-refractivity contribution in [1.29, 1.82) is 0 Å². The smallest absolute Gasteiger partial charge is 0.159 e. The van der Waals surface area contributed by atoms with Gasteiger partial charge in [0.25, 0.3) is 0 Å². The fraction of sp³-hybridized carbons (Fsp3) is 0. The summed E-state index contributed by atoms with van der Waals surface area (Å²) in [6.45, 7) is 0. The van der Waals surface area contributed by atoms with Crippen LogP contribution in [0.25, 0.3) is 22.2 Å². The minimum atomic E-state index is 0.771. The molecule has 0 aliphatic rings. The minimum absolute atomic E-state index is 0.771. The third-order valence-electron chi connectivity index (χ3n) is 2.61. The average molecular weight is 285 g/mol. The number of nitrogens with zero attached hydrogens (tertiary/aromatic N) is 2. The van der Waals surface area contributed by atoms with Crippen molar-refractivity contribution in [2.45, 2.75) is 0 Å². The first-order chi connectivity index (χ1) is 8.33. The molecule has 3 heteroatoms. The van der Waals surface area contributed by atoms with Crippen molar-refractivity contribution in [1.82, 2.24) is 9.97 Å². The summed E-state index contributed by atoms with van der Waals surface area (Å²) in [7, 11) is 0. The maximum atomic E-state index is 4.37. The van der Waals surface area contributed by atoms with Gasteiger partial charge in [-0.05, 0) is 33.6 Å². The summed E-state index contributed by atoms with van der Waals surface area (Å²) >= 11 is 3.42. The SMILES string of the molecule is Brc1cnc2ncc(-c3ccccc3)cc2c1. The van der Waals surface area contributed by atoms with Crippen LogP contribution in [-0.2, 0) is 0 Å². The van der Waals surface area contributed by atoms with Gasteiger partial charge in [-0.2, -0.15) is 0 Å². The predicted molar refractivity (Wildman–Crippen MR) is 72.7 cm³/mol. The molecular formula is C14H9BrN2. The van der Waals surface area contributed by atoms with E-state index in [1.807, 2.05) is 30.5 Å². The Morgan fingerprint density at radius 1 is 0.824 bits per heavy atom. The zero-order valence-electron chi connectivity index (χ0n) is 8.97. The van der Waals surface area contributed by atoms with Crippen LogP contribution in [-0.4, -0.2) is 9.97 Å². The van der Waals surface area contributed by atoms with Gasteiger partial charge in [-0.3, -0.25) is 0 Å². The molecule has 82 valence electrons. The highest BCUT2D eigenvalue weighted by atomic mass is 79.9. The molecule has 0 atom stereocenters. The van der Waals surface area contributed by atoms with Crippen LogP contribution in [0.15, 0.2) is 59.3 Å². The molecule has 0 aliphatic carbocycles. The highest BCUT2D eigenvalue weighted by Gasteiger charge is 2.01. The van der Waals surface area contributed by atoms with E-state index >= 15 is 0 Å². The molecule has 3 aromatic rings. The molecule has 0 aliphatic heterocycles. The second-order valence-electron chi connectivity index (χ2n) is 3.79. The van der Waals surface area contributed by atoms with Crippen molar-refractivity contribution in [2.75, 3.05) is 0 Å². The number of benzene rings is 1. The zero-order chi connectivity index (χ0) is 11.7. The van der Waals surface area contributed by atoms with Crippen LogP contribution < -0.4 is 0 Å². The highest BCUT2D eigenvalue weighted by Crippen LogP contribution is 2.23. The second-order valence-corrected chi connectivity index (χ2v) is 4.71. The standard InChI is InChI=1S/C14H9BrN2/c15-13-7-11-6-12(8-16-14(11)17-9-13)10-4-2-1-3-5-10/h1-9H. The van der Waals surface area contributed by atoms with Crippen LogP contribution in [0.1, 0.15) is 0 Å². The molecule has 17 heavy (non-hydrogen) atoms. The first kappa shape index (κ1) is 10.4. The largest absolute Gasteiger partial charge is 0.236 e. The Kier molecular flexibility index (Phi) is 2.61. The lowest BCUT2D eigenvalue weighted by Crippen LogP contribution is -1.85. The normalized spacial score (nSPS) is 10.6. The number of hydrogen-bond donors (Lipinski definition) is 0. The lowest BCUT2D eigenvalue weighted by Gasteiger charge is -2.03. The number of hydrogen-bond acceptors (Lipinski definition) is 2. The Labute approximate surface area is 107 Å². The van der Waals surface area contributed by atoms with Crippen LogP contribution in [0.5, 0.6) is 0 Å². The summed E-state index contributed by atoms with van der Waals surface area (Å²) in [5.41, 5.74) is 3.05. The van der Waals surface area contributed by atoms with Crippen LogP contribution in [0.2, 0.25) is 0 Å². The zero-order valence-corrected chi connectivity index (χ0v) is 10.6. The van der Waals surface area contributed by atoms with Crippen LogP contribution in [0.4, 0.5) is 0 Å². The molecule has 0 spiro atoms. The topological polar surface area (TPSA) is 25.8 Å². The van der Waals surface area contributed by atoms with Gasteiger partial charge in [0.1, 0.15) is 0 Å². The molecule has 2 nitrogen and oxygen atoms in total. The fourth-order valence-electron chi connectivity index (χ4n) is 1.79. The molecule has 0 bridgehead atoms. The minimum Gasteiger partial charge on any atom is -0.236 e. The van der Waals surface area contributed by atoms with Crippen LogP contribution in [0.3, 0.4) is 0 Å². The van der Waals surface area contributed by atoms with Gasteiger partial charge in [-0.1, -0.05) is 30.3 Å². The molecule has 1 aromatic carbocycles. The Balaban J connectivity index is 2.19. The van der Waals surface area contributed by atoms with Gasteiger partial charge in [-0.15, -0.1) is 0 Å². The highest BCUT2D eigenvalue weighted by molar-refractivity contribution is 9.10. The van der Waals surface area contributed by atoms with Gasteiger partial charge in [0.2, 0.25) is 0 Å². The summed E-state index contributed by atoms with van der Waals surface area (Å²) in [6.07, 6.45) is 3.62. The third-order valence-corrected chi connectivity index (χ3v) is 3.04. The monoisotopic (exact) mass is 284 g/mol. The second kappa shape index (κ2) is 4.26. The maximum absolute atomic E-state index is 4.37. The van der Waals surface area contributed by atoms with Gasteiger partial charge in [0.15, 0.2) is 5.65 Å². The molecule has 2 aromatic heterocycles. The van der Waals surface area contributed by atoms with Crippen LogP contribution in [0, 0.1) is 0 Å². The predicted octanol–water partition coefficient (Wildman–Crippen LogP) is 4.06. The van der Waals surface area contributed by atoms with Gasteiger partial charge in [-0.25, -0.2) is 9.97 Å². The lowest BCUT2D eigenvalue weighted by atomic mass is 10.1. The van der Waals surface area contributed by atoms with E-state index in [2.05, 4.69) is 44.1 Å². The van der Waals surface area contributed by atoms with E-state index in [0.717, 1.165) is 21.1 Å². The average Bonchev–Trinajstić information content (AvgIpc) is 2.39. The summed E-state index contributed by atoms with van der Waals surface area (Å²) in [5.74, 6) is 0. The first-order valence-electron chi connectivity index (χ1n) is 5.30. The molecule has 2 heterocycles. The maximum Gasteiger partial charge on any atom is 0.159 e. The summed E-state index contributed by atoms with van der Waals surface area (Å²) in [5, 5.41) is 1.04. The van der Waals surface area contributed by atoms with E-state index in [4.69, 9.17) is 0 Å². The Bertz CT molecular complexity index is 665. The molecule has 0 saturated carbocycles. The van der Waals surface area contributed by atoms with Crippen molar-refractivity contribution < 1.29 is 0 Å². The molecule has 0 unspecified atom stereocenters. The van der Waals surface area contributed by atoms with Crippen molar-refractivity contribution in [2.24, 2.45) is 0 Å². The van der Waals surface area contributed by atoms with Gasteiger partial charge < -0.3 is 0 Å². The molecule has 0 amide bonds.